The molecule has 22 heavy (non-hydrogen) atoms. The van der Waals surface area contributed by atoms with E-state index in [0.29, 0.717) is 16.3 Å². The van der Waals surface area contributed by atoms with Gasteiger partial charge in [0.15, 0.2) is 0 Å². The van der Waals surface area contributed by atoms with Crippen molar-refractivity contribution in [2.75, 3.05) is 0 Å². The molecule has 0 aliphatic carbocycles. The van der Waals surface area contributed by atoms with Gasteiger partial charge in [0, 0.05) is 22.1 Å². The average molecular weight is 312 g/mol. The number of hydrazone groups is 1. The molecule has 0 bridgehead atoms. The first-order valence-electron chi connectivity index (χ1n) is 6.82. The Morgan fingerprint density at radius 3 is 2.82 bits per heavy atom. The summed E-state index contributed by atoms with van der Waals surface area (Å²) in [6.45, 7) is 1.82. The predicted octanol–water partition coefficient (Wildman–Crippen LogP) is 3.98. The molecule has 110 valence electrons. The highest BCUT2D eigenvalue weighted by Crippen LogP contribution is 2.17. The van der Waals surface area contributed by atoms with Crippen LogP contribution in [0.25, 0.3) is 10.9 Å². The third kappa shape index (κ3) is 2.87. The number of aromatic nitrogens is 1. The second-order valence-electron chi connectivity index (χ2n) is 4.90. The number of carbonyl (C=O) groups is 1. The zero-order valence-corrected chi connectivity index (χ0v) is 12.7. The van der Waals surface area contributed by atoms with Crippen LogP contribution in [-0.2, 0) is 0 Å². The second-order valence-corrected chi connectivity index (χ2v) is 5.33. The molecule has 4 nitrogen and oxygen atoms in total. The number of aromatic amines is 1. The van der Waals surface area contributed by atoms with Crippen molar-refractivity contribution in [1.29, 1.82) is 0 Å². The molecule has 0 aliphatic rings. The molecule has 1 heterocycles. The Morgan fingerprint density at radius 2 is 2.00 bits per heavy atom. The fourth-order valence-electron chi connectivity index (χ4n) is 2.23. The lowest BCUT2D eigenvalue weighted by Gasteiger charge is -2.03. The van der Waals surface area contributed by atoms with Crippen molar-refractivity contribution in [2.24, 2.45) is 5.10 Å². The number of hydrogen-bond donors (Lipinski definition) is 2. The molecule has 2 N–H and O–H groups in total. The van der Waals surface area contributed by atoms with Crippen molar-refractivity contribution in [3.05, 3.63) is 70.9 Å². The van der Waals surface area contributed by atoms with E-state index in [1.807, 2.05) is 43.3 Å². The first kappa shape index (κ1) is 14.4. The van der Waals surface area contributed by atoms with Crippen LogP contribution in [0.5, 0.6) is 0 Å². The van der Waals surface area contributed by atoms with Gasteiger partial charge in [0.25, 0.3) is 5.91 Å². The molecular weight excluding hydrogens is 298 g/mol. The maximum absolute atomic E-state index is 12.3. The van der Waals surface area contributed by atoms with Gasteiger partial charge >= 0.3 is 0 Å². The zero-order chi connectivity index (χ0) is 15.5. The van der Waals surface area contributed by atoms with Crippen LogP contribution in [0.15, 0.2) is 59.8 Å². The Hall–Kier alpha value is -2.59. The van der Waals surface area contributed by atoms with E-state index in [2.05, 4.69) is 15.5 Å². The number of para-hydroxylation sites is 1. The first-order chi connectivity index (χ1) is 10.6. The van der Waals surface area contributed by atoms with Crippen molar-refractivity contribution in [1.82, 2.24) is 10.4 Å². The van der Waals surface area contributed by atoms with Crippen LogP contribution in [-0.4, -0.2) is 16.6 Å². The van der Waals surface area contributed by atoms with Crippen LogP contribution < -0.4 is 5.43 Å². The van der Waals surface area contributed by atoms with Crippen LogP contribution in [0.1, 0.15) is 22.8 Å². The van der Waals surface area contributed by atoms with Gasteiger partial charge in [-0.2, -0.15) is 5.10 Å². The summed E-state index contributed by atoms with van der Waals surface area (Å²) in [5.74, 6) is -0.251. The molecule has 0 radical (unpaired) electrons. The van der Waals surface area contributed by atoms with E-state index < -0.39 is 0 Å². The number of fused-ring (bicyclic) bond motifs is 1. The van der Waals surface area contributed by atoms with Crippen LogP contribution in [0.2, 0.25) is 5.02 Å². The second kappa shape index (κ2) is 6.03. The monoisotopic (exact) mass is 311 g/mol. The van der Waals surface area contributed by atoms with Gasteiger partial charge in [-0.1, -0.05) is 41.9 Å². The highest BCUT2D eigenvalue weighted by molar-refractivity contribution is 6.31. The van der Waals surface area contributed by atoms with Crippen LogP contribution in [0.4, 0.5) is 0 Å². The Kier molecular flexibility index (Phi) is 3.94. The third-order valence-corrected chi connectivity index (χ3v) is 3.64. The van der Waals surface area contributed by atoms with Crippen LogP contribution >= 0.6 is 11.6 Å². The van der Waals surface area contributed by atoms with Gasteiger partial charge in [-0.05, 0) is 30.7 Å². The minimum absolute atomic E-state index is 0.251. The van der Waals surface area contributed by atoms with Gasteiger partial charge in [-0.3, -0.25) is 4.79 Å². The maximum atomic E-state index is 12.3. The van der Waals surface area contributed by atoms with Crippen LogP contribution in [0, 0.1) is 0 Å². The topological polar surface area (TPSA) is 57.2 Å². The number of H-pyrrole nitrogens is 1. The summed E-state index contributed by atoms with van der Waals surface area (Å²) in [5.41, 5.74) is 5.63. The standard InChI is InChI=1S/C17H14ClN3O/c1-11(12-5-4-6-13(18)9-12)20-21-17(22)15-10-19-16-8-3-2-7-14(15)16/h2-10,19H,1H3,(H,21,22)/b20-11+. The Bertz CT molecular complexity index is 867. The molecule has 1 aromatic heterocycles. The van der Waals surface area contributed by atoms with Gasteiger partial charge in [0.1, 0.15) is 0 Å². The number of halogens is 1. The summed E-state index contributed by atoms with van der Waals surface area (Å²) < 4.78 is 0. The van der Waals surface area contributed by atoms with Gasteiger partial charge in [-0.25, -0.2) is 5.43 Å². The third-order valence-electron chi connectivity index (χ3n) is 3.40. The Labute approximate surface area is 132 Å². The SMILES string of the molecule is C/C(=N\NC(=O)c1c[nH]c2ccccc12)c1cccc(Cl)c1. The molecular formula is C17H14ClN3O. The summed E-state index contributed by atoms with van der Waals surface area (Å²) in [4.78, 5) is 15.3. The van der Waals surface area contributed by atoms with E-state index in [9.17, 15) is 4.79 Å². The number of nitrogens with one attached hydrogen (secondary N) is 2. The first-order valence-corrected chi connectivity index (χ1v) is 7.19. The molecule has 3 rings (SSSR count). The molecule has 2 aromatic carbocycles. The number of amides is 1. The van der Waals surface area contributed by atoms with E-state index in [4.69, 9.17) is 11.6 Å². The molecule has 3 aromatic rings. The number of benzene rings is 2. The largest absolute Gasteiger partial charge is 0.360 e. The molecule has 0 saturated carbocycles. The number of rotatable bonds is 3. The van der Waals surface area contributed by atoms with Crippen molar-refractivity contribution in [3.8, 4) is 0 Å². The van der Waals surface area contributed by atoms with E-state index in [1.165, 1.54) is 0 Å². The maximum Gasteiger partial charge on any atom is 0.273 e. The molecule has 0 aliphatic heterocycles. The van der Waals surface area contributed by atoms with Crippen molar-refractivity contribution in [3.63, 3.8) is 0 Å². The molecule has 1 amide bonds. The van der Waals surface area contributed by atoms with Crippen molar-refractivity contribution < 1.29 is 4.79 Å². The summed E-state index contributed by atoms with van der Waals surface area (Å²) in [7, 11) is 0. The van der Waals surface area contributed by atoms with Crippen molar-refractivity contribution >= 4 is 34.1 Å². The summed E-state index contributed by atoms with van der Waals surface area (Å²) >= 11 is 5.95. The lowest BCUT2D eigenvalue weighted by atomic mass is 10.1. The molecule has 0 atom stereocenters. The highest BCUT2D eigenvalue weighted by Gasteiger charge is 2.11. The minimum atomic E-state index is -0.251. The predicted molar refractivity (Wildman–Crippen MR) is 89.4 cm³/mol. The minimum Gasteiger partial charge on any atom is -0.360 e. The van der Waals surface area contributed by atoms with Gasteiger partial charge in [-0.15, -0.1) is 0 Å². The Morgan fingerprint density at radius 1 is 1.18 bits per heavy atom. The fourth-order valence-corrected chi connectivity index (χ4v) is 2.42. The van der Waals surface area contributed by atoms with Gasteiger partial charge < -0.3 is 4.98 Å². The molecule has 0 spiro atoms. The molecule has 0 unspecified atom stereocenters. The van der Waals surface area contributed by atoms with Gasteiger partial charge in [0.05, 0.1) is 11.3 Å². The van der Waals surface area contributed by atoms with E-state index in [0.717, 1.165) is 16.5 Å². The van der Waals surface area contributed by atoms with E-state index in [1.54, 1.807) is 18.3 Å². The van der Waals surface area contributed by atoms with Gasteiger partial charge in [0.2, 0.25) is 0 Å². The smallest absolute Gasteiger partial charge is 0.273 e. The number of hydrogen-bond acceptors (Lipinski definition) is 2. The van der Waals surface area contributed by atoms with Crippen LogP contribution in [0.3, 0.4) is 0 Å². The summed E-state index contributed by atoms with van der Waals surface area (Å²) in [5, 5.41) is 5.65. The quantitative estimate of drug-likeness (QED) is 0.558. The normalized spacial score (nSPS) is 11.6. The lowest BCUT2D eigenvalue weighted by molar-refractivity contribution is 0.0956. The van der Waals surface area contributed by atoms with Crippen molar-refractivity contribution in [2.45, 2.75) is 6.92 Å². The summed E-state index contributed by atoms with van der Waals surface area (Å²) in [6.07, 6.45) is 1.68. The molecule has 5 heteroatoms. The van der Waals surface area contributed by atoms with E-state index in [-0.39, 0.29) is 5.91 Å². The molecule has 0 saturated heterocycles. The number of nitrogens with zero attached hydrogens (tertiary/aromatic N) is 1. The highest BCUT2D eigenvalue weighted by atomic mass is 35.5. The zero-order valence-electron chi connectivity index (χ0n) is 11.9. The lowest BCUT2D eigenvalue weighted by Crippen LogP contribution is -2.19. The summed E-state index contributed by atoms with van der Waals surface area (Å²) in [6, 6.07) is 15.0. The average Bonchev–Trinajstić information content (AvgIpc) is 2.96. The number of carbonyl (C=O) groups excluding carboxylic acids is 1. The molecule has 0 fully saturated rings. The van der Waals surface area contributed by atoms with E-state index >= 15 is 0 Å². The fraction of sp³-hybridized carbons (Fsp3) is 0.0588. The Balaban J connectivity index is 1.81.